The number of benzene rings is 3. The molecule has 0 radical (unpaired) electrons. The zero-order chi connectivity index (χ0) is 31.0. The van der Waals surface area contributed by atoms with Gasteiger partial charge in [0.05, 0.1) is 24.6 Å². The van der Waals surface area contributed by atoms with Gasteiger partial charge in [0.15, 0.2) is 19.8 Å². The summed E-state index contributed by atoms with van der Waals surface area (Å²) in [6.07, 6.45) is 3.35. The molecule has 3 heterocycles. The van der Waals surface area contributed by atoms with E-state index in [9.17, 15) is 0 Å². The molecule has 2 aromatic heterocycles. The predicted molar refractivity (Wildman–Crippen MR) is 178 cm³/mol. The number of nitrogens with two attached hydrogens (primary N) is 1. The molecule has 3 aromatic carbocycles. The Morgan fingerprint density at radius 3 is 1.93 bits per heavy atom. The molecule has 3 atom stereocenters. The molecule has 1 unspecified atom stereocenters. The molecule has 0 saturated carbocycles. The van der Waals surface area contributed by atoms with Crippen molar-refractivity contribution < 1.29 is 9.16 Å². The van der Waals surface area contributed by atoms with E-state index in [1.807, 2.05) is 4.57 Å². The van der Waals surface area contributed by atoms with Crippen LogP contribution in [-0.2, 0) is 14.7 Å². The molecule has 8 nitrogen and oxygen atoms in total. The van der Waals surface area contributed by atoms with Crippen LogP contribution in [0.2, 0.25) is 18.1 Å². The van der Waals surface area contributed by atoms with E-state index in [2.05, 4.69) is 145 Å². The Hall–Kier alpha value is -3.89. The zero-order valence-electron chi connectivity index (χ0n) is 26.1. The summed E-state index contributed by atoms with van der Waals surface area (Å²) in [5.41, 5.74) is 10.2. The second kappa shape index (κ2) is 11.9. The minimum absolute atomic E-state index is 0.0742. The summed E-state index contributed by atoms with van der Waals surface area (Å²) in [6, 6.07) is 31.9. The highest BCUT2D eigenvalue weighted by Gasteiger charge is 2.46. The van der Waals surface area contributed by atoms with Crippen molar-refractivity contribution in [1.82, 2.24) is 24.8 Å². The largest absolute Gasteiger partial charge is 0.414 e. The molecule has 1 aliphatic rings. The Labute approximate surface area is 260 Å². The first-order chi connectivity index (χ1) is 21.1. The Kier molecular flexibility index (Phi) is 8.15. The normalized spacial score (nSPS) is 19.4. The Morgan fingerprint density at radius 1 is 0.864 bits per heavy atom. The predicted octanol–water partition coefficient (Wildman–Crippen LogP) is 6.67. The average Bonchev–Trinajstić information content (AvgIpc) is 3.64. The highest BCUT2D eigenvalue weighted by Crippen LogP contribution is 2.42. The van der Waals surface area contributed by atoms with Crippen LogP contribution in [0.25, 0.3) is 11.2 Å². The lowest BCUT2D eigenvalue weighted by Gasteiger charge is -2.41. The van der Waals surface area contributed by atoms with Crippen LogP contribution in [0.4, 0.5) is 5.82 Å². The Balaban J connectivity index is 1.45. The van der Waals surface area contributed by atoms with Crippen molar-refractivity contribution >= 4 is 25.3 Å². The van der Waals surface area contributed by atoms with E-state index in [0.29, 0.717) is 30.0 Å². The topological polar surface area (TPSA) is 100 Å². The highest BCUT2D eigenvalue weighted by molar-refractivity contribution is 6.74. The molecular weight excluding hydrogens is 565 g/mol. The number of aromatic nitrogens is 4. The molecule has 0 amide bonds. The monoisotopic (exact) mass is 606 g/mol. The van der Waals surface area contributed by atoms with Gasteiger partial charge in [-0.05, 0) is 34.8 Å². The van der Waals surface area contributed by atoms with Crippen molar-refractivity contribution in [3.63, 3.8) is 0 Å². The maximum absolute atomic E-state index is 6.88. The van der Waals surface area contributed by atoms with Crippen LogP contribution >= 0.6 is 0 Å². The van der Waals surface area contributed by atoms with Crippen LogP contribution in [0, 0.1) is 0 Å². The van der Waals surface area contributed by atoms with E-state index in [1.165, 1.54) is 6.33 Å². The van der Waals surface area contributed by atoms with Crippen LogP contribution in [-0.4, -0.2) is 46.6 Å². The molecule has 3 N–H and O–H groups in total. The van der Waals surface area contributed by atoms with Gasteiger partial charge >= 0.3 is 0 Å². The van der Waals surface area contributed by atoms with E-state index in [0.717, 1.165) is 16.7 Å². The molecule has 1 fully saturated rings. The van der Waals surface area contributed by atoms with Gasteiger partial charge in [-0.1, -0.05) is 112 Å². The number of anilines is 1. The Bertz CT molecular complexity index is 1590. The lowest BCUT2D eigenvalue weighted by atomic mass is 9.76. The number of rotatable bonds is 9. The molecule has 5 aromatic rings. The highest BCUT2D eigenvalue weighted by atomic mass is 28.4. The minimum atomic E-state index is -2.06. The molecule has 1 saturated heterocycles. The van der Waals surface area contributed by atoms with Gasteiger partial charge in [-0.3, -0.25) is 9.88 Å². The molecule has 44 heavy (non-hydrogen) atoms. The van der Waals surface area contributed by atoms with Crippen molar-refractivity contribution in [1.29, 1.82) is 0 Å². The number of fused-ring (bicyclic) bond motifs is 1. The van der Waals surface area contributed by atoms with E-state index in [1.54, 1.807) is 6.33 Å². The first-order valence-corrected chi connectivity index (χ1v) is 18.2. The number of nitrogen functional groups attached to an aromatic ring is 1. The van der Waals surface area contributed by atoms with Gasteiger partial charge in [-0.2, -0.15) is 0 Å². The molecule has 6 rings (SSSR count). The summed E-state index contributed by atoms with van der Waals surface area (Å²) in [5.74, 6) is 0.357. The van der Waals surface area contributed by atoms with Crippen LogP contribution in [0.5, 0.6) is 0 Å². The fraction of sp³-hybridized carbons (Fsp3) is 0.343. The SMILES string of the molecule is CC(C)(C)[Si](C)(C)OC[C@H]1O[C@@H](n2cnc3c(N)ncnc32)CC1NC(c1ccccc1)(c1ccccc1)c1ccccc1. The third-order valence-electron chi connectivity index (χ3n) is 9.37. The summed E-state index contributed by atoms with van der Waals surface area (Å²) in [6.45, 7) is 11.8. The first-order valence-electron chi connectivity index (χ1n) is 15.3. The molecule has 228 valence electrons. The third-order valence-corrected chi connectivity index (χ3v) is 13.9. The van der Waals surface area contributed by atoms with Crippen LogP contribution in [0.15, 0.2) is 104 Å². The van der Waals surface area contributed by atoms with Gasteiger partial charge in [-0.25, -0.2) is 15.0 Å². The van der Waals surface area contributed by atoms with Crippen LogP contribution < -0.4 is 11.1 Å². The number of ether oxygens (including phenoxy) is 1. The molecule has 1 aliphatic heterocycles. The summed E-state index contributed by atoms with van der Waals surface area (Å²) < 4.78 is 15.7. The van der Waals surface area contributed by atoms with E-state index in [-0.39, 0.29) is 23.4 Å². The average molecular weight is 607 g/mol. The maximum atomic E-state index is 6.88. The van der Waals surface area contributed by atoms with Gasteiger partial charge in [-0.15, -0.1) is 0 Å². The van der Waals surface area contributed by atoms with Crippen molar-refractivity contribution in [2.45, 2.75) is 69.2 Å². The van der Waals surface area contributed by atoms with Crippen molar-refractivity contribution in [2.75, 3.05) is 12.3 Å². The quantitative estimate of drug-likeness (QED) is 0.143. The molecular formula is C35H42N6O2Si. The Morgan fingerprint density at radius 2 is 1.41 bits per heavy atom. The fourth-order valence-corrected chi connectivity index (χ4v) is 6.90. The summed E-state index contributed by atoms with van der Waals surface area (Å²) >= 11 is 0. The smallest absolute Gasteiger partial charge is 0.192 e. The van der Waals surface area contributed by atoms with Gasteiger partial charge < -0.3 is 14.9 Å². The molecule has 0 bridgehead atoms. The van der Waals surface area contributed by atoms with Gasteiger partial charge in [0.25, 0.3) is 0 Å². The summed E-state index contributed by atoms with van der Waals surface area (Å²) in [4.78, 5) is 13.2. The van der Waals surface area contributed by atoms with E-state index >= 15 is 0 Å². The summed E-state index contributed by atoms with van der Waals surface area (Å²) in [7, 11) is -2.06. The molecule has 9 heteroatoms. The van der Waals surface area contributed by atoms with E-state index in [4.69, 9.17) is 14.9 Å². The van der Waals surface area contributed by atoms with E-state index < -0.39 is 13.9 Å². The molecule has 0 aliphatic carbocycles. The molecule has 0 spiro atoms. The van der Waals surface area contributed by atoms with Crippen molar-refractivity contribution in [3.8, 4) is 0 Å². The maximum Gasteiger partial charge on any atom is 0.192 e. The fourth-order valence-electron chi connectivity index (χ4n) is 5.89. The standard InChI is InChI=1S/C35H42N6O2Si/c1-34(2,3)44(4,5)42-22-29-28(21-30(43-29)41-24-39-31-32(36)37-23-38-33(31)41)40-35(25-15-9-6-10-16-25,26-17-11-7-12-18-26)27-19-13-8-14-20-27/h6-20,23-24,28-30,40H,21-22H2,1-5H3,(H2,36,37,38)/t28?,29-,30-/m1/s1. The van der Waals surface area contributed by atoms with Crippen LogP contribution in [0.3, 0.4) is 0 Å². The minimum Gasteiger partial charge on any atom is -0.414 e. The van der Waals surface area contributed by atoms with Crippen molar-refractivity contribution in [3.05, 3.63) is 120 Å². The first kappa shape index (κ1) is 30.1. The van der Waals surface area contributed by atoms with Crippen LogP contribution in [0.1, 0.15) is 50.1 Å². The second-order valence-electron chi connectivity index (χ2n) is 13.1. The lowest BCUT2D eigenvalue weighted by Crippen LogP contribution is -2.54. The van der Waals surface area contributed by atoms with Gasteiger partial charge in [0, 0.05) is 12.5 Å². The number of hydrogen-bond acceptors (Lipinski definition) is 7. The second-order valence-corrected chi connectivity index (χ2v) is 17.9. The third kappa shape index (κ3) is 5.56. The van der Waals surface area contributed by atoms with Gasteiger partial charge in [0.2, 0.25) is 0 Å². The zero-order valence-corrected chi connectivity index (χ0v) is 27.1. The number of nitrogens with one attached hydrogen (secondary N) is 1. The lowest BCUT2D eigenvalue weighted by molar-refractivity contribution is -0.0238. The van der Waals surface area contributed by atoms with Gasteiger partial charge in [0.1, 0.15) is 18.1 Å². The van der Waals surface area contributed by atoms with Crippen molar-refractivity contribution in [2.24, 2.45) is 0 Å². The number of hydrogen-bond donors (Lipinski definition) is 2. The number of nitrogens with zero attached hydrogens (tertiary/aromatic N) is 4. The number of imidazole rings is 1. The summed E-state index contributed by atoms with van der Waals surface area (Å²) in [5, 5.41) is 4.25.